The Balaban J connectivity index is 2.45. The Bertz CT molecular complexity index is 133. The van der Waals surface area contributed by atoms with Crippen molar-refractivity contribution in [3.8, 4) is 0 Å². The van der Waals surface area contributed by atoms with Gasteiger partial charge in [-0.05, 0) is 12.2 Å². The lowest BCUT2D eigenvalue weighted by Crippen LogP contribution is -2.03. The van der Waals surface area contributed by atoms with E-state index in [1.165, 1.54) is 6.26 Å². The molecule has 0 atom stereocenters. The van der Waals surface area contributed by atoms with Crippen molar-refractivity contribution in [1.82, 2.24) is 5.48 Å². The van der Waals surface area contributed by atoms with Gasteiger partial charge < -0.3 is 4.89 Å². The summed E-state index contributed by atoms with van der Waals surface area (Å²) in [6.45, 7) is 0. The highest BCUT2D eigenvalue weighted by atomic mass is 17.3. The van der Waals surface area contributed by atoms with Gasteiger partial charge in [-0.25, -0.2) is 5.48 Å². The first kappa shape index (κ1) is 5.91. The summed E-state index contributed by atoms with van der Waals surface area (Å²) in [6, 6.07) is 0. The number of rotatable bonds is 0. The molecule has 0 aromatic heterocycles. The zero-order chi connectivity index (χ0) is 6.36. The Hall–Kier alpha value is -1.22. The zero-order valence-electron chi connectivity index (χ0n) is 4.78. The second-order valence-corrected chi connectivity index (χ2v) is 1.37. The molecule has 48 valence electrons. The van der Waals surface area contributed by atoms with Gasteiger partial charge in [0.15, 0.2) is 0 Å². The Morgan fingerprint density at radius 3 is 2.89 bits per heavy atom. The molecule has 1 aliphatic rings. The van der Waals surface area contributed by atoms with E-state index in [2.05, 4.69) is 15.4 Å². The molecule has 1 N–H and O–H groups in total. The van der Waals surface area contributed by atoms with Crippen molar-refractivity contribution in [2.75, 3.05) is 0 Å². The lowest BCUT2D eigenvalue weighted by atomic mass is 10.5. The highest BCUT2D eigenvalue weighted by Crippen LogP contribution is 1.84. The van der Waals surface area contributed by atoms with Crippen LogP contribution in [0.15, 0.2) is 36.8 Å². The average molecular weight is 125 g/mol. The van der Waals surface area contributed by atoms with E-state index in [1.807, 2.05) is 12.2 Å². The molecular formula is C6H7NO2. The third-order valence-electron chi connectivity index (χ3n) is 0.728. The lowest BCUT2D eigenvalue weighted by molar-refractivity contribution is -0.284. The van der Waals surface area contributed by atoms with Gasteiger partial charge in [0.1, 0.15) is 6.26 Å². The molecule has 1 rings (SSSR count). The van der Waals surface area contributed by atoms with E-state index >= 15 is 0 Å². The summed E-state index contributed by atoms with van der Waals surface area (Å²) in [6.07, 6.45) is 10.2. The SMILES string of the molecule is C1=C/C=C\OONC=C1. The smallest absolute Gasteiger partial charge is 0.132 e. The maximum absolute atomic E-state index is 4.46. The number of nitrogens with one attached hydrogen (secondary N) is 1. The highest BCUT2D eigenvalue weighted by Gasteiger charge is 1.75. The third kappa shape index (κ3) is 2.56. The van der Waals surface area contributed by atoms with Gasteiger partial charge in [-0.1, -0.05) is 17.1 Å². The molecule has 9 heavy (non-hydrogen) atoms. The second kappa shape index (κ2) is 3.74. The van der Waals surface area contributed by atoms with Crippen LogP contribution in [-0.4, -0.2) is 0 Å². The fourth-order valence-corrected chi connectivity index (χ4v) is 0.384. The standard InChI is InChI=1S/C6H7NO2/c1-2-4-6-8-9-7-5-3-1/h1-7H/b2-1?,5-3?,6-4-. The molecule has 0 radical (unpaired) electrons. The molecule has 0 spiro atoms. The molecule has 1 aliphatic heterocycles. The molecule has 1 heterocycles. The van der Waals surface area contributed by atoms with Crippen molar-refractivity contribution in [2.24, 2.45) is 0 Å². The van der Waals surface area contributed by atoms with Crippen LogP contribution < -0.4 is 5.48 Å². The summed E-state index contributed by atoms with van der Waals surface area (Å²) in [4.78, 5) is 8.85. The van der Waals surface area contributed by atoms with Crippen molar-refractivity contribution in [2.45, 2.75) is 0 Å². The van der Waals surface area contributed by atoms with E-state index in [4.69, 9.17) is 0 Å². The van der Waals surface area contributed by atoms with Gasteiger partial charge in [-0.3, -0.25) is 0 Å². The molecule has 0 aromatic carbocycles. The fraction of sp³-hybridized carbons (Fsp3) is 0. The summed E-state index contributed by atoms with van der Waals surface area (Å²) in [5.74, 6) is 0. The Kier molecular flexibility index (Phi) is 2.46. The van der Waals surface area contributed by atoms with Gasteiger partial charge in [-0.15, -0.1) is 0 Å². The minimum atomic E-state index is 1.43. The average Bonchev–Trinajstić information content (AvgIpc) is 2.00. The fourth-order valence-electron chi connectivity index (χ4n) is 0.384. The third-order valence-corrected chi connectivity index (χ3v) is 0.728. The van der Waals surface area contributed by atoms with Crippen LogP contribution in [0, 0.1) is 0 Å². The van der Waals surface area contributed by atoms with E-state index in [9.17, 15) is 0 Å². The van der Waals surface area contributed by atoms with Crippen LogP contribution in [0.2, 0.25) is 0 Å². The summed E-state index contributed by atoms with van der Waals surface area (Å²) in [7, 11) is 0. The minimum Gasteiger partial charge on any atom is -0.322 e. The van der Waals surface area contributed by atoms with Gasteiger partial charge in [-0.2, -0.15) is 0 Å². The van der Waals surface area contributed by atoms with E-state index in [-0.39, 0.29) is 0 Å². The van der Waals surface area contributed by atoms with Crippen molar-refractivity contribution in [3.05, 3.63) is 36.8 Å². The van der Waals surface area contributed by atoms with Gasteiger partial charge in [0.25, 0.3) is 0 Å². The molecule has 3 heteroatoms. The van der Waals surface area contributed by atoms with Crippen molar-refractivity contribution >= 4 is 0 Å². The van der Waals surface area contributed by atoms with Crippen LogP contribution >= 0.6 is 0 Å². The molecule has 0 saturated carbocycles. The zero-order valence-corrected chi connectivity index (χ0v) is 4.78. The van der Waals surface area contributed by atoms with E-state index < -0.39 is 0 Å². The van der Waals surface area contributed by atoms with Crippen molar-refractivity contribution in [3.63, 3.8) is 0 Å². The Labute approximate surface area is 53.1 Å². The lowest BCUT2D eigenvalue weighted by Gasteiger charge is -1.94. The van der Waals surface area contributed by atoms with Crippen LogP contribution in [0.3, 0.4) is 0 Å². The van der Waals surface area contributed by atoms with Crippen LogP contribution in [-0.2, 0) is 9.88 Å². The highest BCUT2D eigenvalue weighted by molar-refractivity contribution is 5.09. The summed E-state index contributed by atoms with van der Waals surface area (Å²) in [5, 5.41) is 0. The van der Waals surface area contributed by atoms with Gasteiger partial charge >= 0.3 is 0 Å². The molecule has 0 bridgehead atoms. The first-order chi connectivity index (χ1) is 4.50. The Morgan fingerprint density at radius 1 is 1.00 bits per heavy atom. The maximum Gasteiger partial charge on any atom is 0.132 e. The van der Waals surface area contributed by atoms with E-state index in [1.54, 1.807) is 18.4 Å². The molecule has 0 saturated heterocycles. The van der Waals surface area contributed by atoms with Gasteiger partial charge in [0, 0.05) is 6.20 Å². The number of hydroxylamine groups is 1. The topological polar surface area (TPSA) is 30.5 Å². The van der Waals surface area contributed by atoms with Crippen LogP contribution in [0.5, 0.6) is 0 Å². The van der Waals surface area contributed by atoms with Crippen molar-refractivity contribution in [1.29, 1.82) is 0 Å². The molecular weight excluding hydrogens is 118 g/mol. The summed E-state index contributed by atoms with van der Waals surface area (Å²) >= 11 is 0. The number of allylic oxidation sites excluding steroid dienone is 4. The molecule has 3 nitrogen and oxygen atoms in total. The quantitative estimate of drug-likeness (QED) is 0.490. The maximum atomic E-state index is 4.46. The molecule has 0 fully saturated rings. The van der Waals surface area contributed by atoms with Crippen molar-refractivity contribution < 1.29 is 9.88 Å². The summed E-state index contributed by atoms with van der Waals surface area (Å²) < 4.78 is 0. The largest absolute Gasteiger partial charge is 0.322 e. The van der Waals surface area contributed by atoms with Crippen LogP contribution in [0.25, 0.3) is 0 Å². The van der Waals surface area contributed by atoms with Gasteiger partial charge in [0.05, 0.1) is 0 Å². The first-order valence-electron chi connectivity index (χ1n) is 2.56. The van der Waals surface area contributed by atoms with Crippen LogP contribution in [0.1, 0.15) is 0 Å². The number of hydrogen-bond acceptors (Lipinski definition) is 3. The van der Waals surface area contributed by atoms with E-state index in [0.717, 1.165) is 0 Å². The first-order valence-corrected chi connectivity index (χ1v) is 2.56. The number of hydrogen-bond donors (Lipinski definition) is 1. The second-order valence-electron chi connectivity index (χ2n) is 1.37. The monoisotopic (exact) mass is 125 g/mol. The molecule has 0 unspecified atom stereocenters. The predicted octanol–water partition coefficient (Wildman–Crippen LogP) is 1.04. The van der Waals surface area contributed by atoms with Crippen LogP contribution in [0.4, 0.5) is 0 Å². The van der Waals surface area contributed by atoms with E-state index in [0.29, 0.717) is 0 Å². The summed E-state index contributed by atoms with van der Waals surface area (Å²) in [5.41, 5.74) is 2.42. The molecule has 0 aromatic rings. The minimum absolute atomic E-state index is 1.43. The molecule has 0 amide bonds. The predicted molar refractivity (Wildman–Crippen MR) is 32.7 cm³/mol. The Morgan fingerprint density at radius 2 is 1.89 bits per heavy atom. The molecule has 0 aliphatic carbocycles. The normalized spacial score (nSPS) is 20.4. The van der Waals surface area contributed by atoms with Gasteiger partial charge in [0.2, 0.25) is 0 Å².